The molecule has 1 heterocycles. The molecule has 1 aromatic heterocycles. The molecule has 4 aromatic rings. The van der Waals surface area contributed by atoms with Crippen LogP contribution in [0.5, 0.6) is 11.5 Å². The molecule has 0 saturated heterocycles. The van der Waals surface area contributed by atoms with Gasteiger partial charge in [0.25, 0.3) is 11.6 Å². The van der Waals surface area contributed by atoms with Crippen LogP contribution in [0.1, 0.15) is 0 Å². The first kappa shape index (κ1) is 20.3. The van der Waals surface area contributed by atoms with Gasteiger partial charge in [-0.3, -0.25) is 14.9 Å². The monoisotopic (exact) mass is 435 g/mol. The van der Waals surface area contributed by atoms with E-state index >= 15 is 0 Å². The number of benzene rings is 3. The van der Waals surface area contributed by atoms with Crippen LogP contribution in [0.2, 0.25) is 0 Å². The van der Waals surface area contributed by atoms with E-state index in [2.05, 4.69) is 10.3 Å². The van der Waals surface area contributed by atoms with Gasteiger partial charge in [-0.1, -0.05) is 12.1 Å². The number of carbonyl (C=O) groups excluding carboxylic acids is 1. The second kappa shape index (κ2) is 8.80. The first-order chi connectivity index (χ1) is 15.0. The van der Waals surface area contributed by atoms with Gasteiger partial charge in [-0.05, 0) is 42.5 Å². The maximum atomic E-state index is 12.4. The van der Waals surface area contributed by atoms with Gasteiger partial charge in [0, 0.05) is 17.7 Å². The van der Waals surface area contributed by atoms with Crippen molar-refractivity contribution >= 4 is 38.8 Å². The molecule has 0 aliphatic heterocycles. The van der Waals surface area contributed by atoms with Gasteiger partial charge in [0.05, 0.1) is 27.9 Å². The van der Waals surface area contributed by atoms with E-state index in [9.17, 15) is 14.9 Å². The summed E-state index contributed by atoms with van der Waals surface area (Å²) in [6.07, 6.45) is 0. The van der Waals surface area contributed by atoms with Crippen molar-refractivity contribution in [2.24, 2.45) is 0 Å². The summed E-state index contributed by atoms with van der Waals surface area (Å²) in [6, 6.07) is 18.9. The van der Waals surface area contributed by atoms with Gasteiger partial charge >= 0.3 is 0 Å². The normalized spacial score (nSPS) is 10.6. The number of anilines is 1. The number of nitro benzene ring substituents is 1. The predicted molar refractivity (Wildman–Crippen MR) is 119 cm³/mol. The summed E-state index contributed by atoms with van der Waals surface area (Å²) in [5.74, 6) is 0.475. The van der Waals surface area contributed by atoms with Gasteiger partial charge in [0.15, 0.2) is 6.61 Å². The zero-order chi connectivity index (χ0) is 21.8. The number of nitrogens with one attached hydrogen (secondary N) is 1. The molecule has 0 bridgehead atoms. The summed E-state index contributed by atoms with van der Waals surface area (Å²) in [7, 11) is 1.52. The van der Waals surface area contributed by atoms with Gasteiger partial charge in [-0.2, -0.15) is 0 Å². The molecule has 0 radical (unpaired) electrons. The number of nitro groups is 1. The molecule has 31 heavy (non-hydrogen) atoms. The minimum absolute atomic E-state index is 0.0480. The second-order valence-corrected chi connectivity index (χ2v) is 7.52. The lowest BCUT2D eigenvalue weighted by atomic mass is 10.2. The Bertz CT molecular complexity index is 1220. The number of hydrogen-bond donors (Lipinski definition) is 1. The molecule has 9 heteroatoms. The minimum atomic E-state index is -0.499. The molecule has 0 unspecified atom stereocenters. The van der Waals surface area contributed by atoms with Gasteiger partial charge < -0.3 is 14.8 Å². The molecule has 0 aliphatic rings. The van der Waals surface area contributed by atoms with Crippen LogP contribution in [-0.2, 0) is 4.79 Å². The van der Waals surface area contributed by atoms with Crippen LogP contribution in [0.15, 0.2) is 66.7 Å². The number of non-ortho nitro benzene ring substituents is 1. The Labute approximate surface area is 181 Å². The van der Waals surface area contributed by atoms with Crippen molar-refractivity contribution in [1.29, 1.82) is 0 Å². The molecule has 0 saturated carbocycles. The fourth-order valence-electron chi connectivity index (χ4n) is 2.93. The average molecular weight is 435 g/mol. The lowest BCUT2D eigenvalue weighted by Gasteiger charge is -2.12. The Morgan fingerprint density at radius 1 is 1.13 bits per heavy atom. The molecule has 0 fully saturated rings. The lowest BCUT2D eigenvalue weighted by molar-refractivity contribution is -0.384. The fourth-order valence-corrected chi connectivity index (χ4v) is 3.90. The molecule has 156 valence electrons. The molecule has 8 nitrogen and oxygen atoms in total. The Morgan fingerprint density at radius 2 is 1.90 bits per heavy atom. The van der Waals surface area contributed by atoms with E-state index in [-0.39, 0.29) is 12.3 Å². The minimum Gasteiger partial charge on any atom is -0.495 e. The molecular weight excluding hydrogens is 418 g/mol. The molecule has 0 spiro atoms. The first-order valence-corrected chi connectivity index (χ1v) is 10.1. The standard InChI is InChI=1S/C22H17N3O5S/c1-29-19-11-6-14(22-24-17-4-2-3-5-20(17)31-22)12-18(19)23-21(26)13-30-16-9-7-15(8-10-16)25(27)28/h2-12H,13H2,1H3,(H,23,26). The van der Waals surface area contributed by atoms with Crippen LogP contribution in [-0.4, -0.2) is 29.5 Å². The van der Waals surface area contributed by atoms with Crippen molar-refractivity contribution in [3.63, 3.8) is 0 Å². The summed E-state index contributed by atoms with van der Waals surface area (Å²) in [5, 5.41) is 14.3. The highest BCUT2D eigenvalue weighted by molar-refractivity contribution is 7.21. The third kappa shape index (κ3) is 4.62. The molecule has 1 N–H and O–H groups in total. The highest BCUT2D eigenvalue weighted by atomic mass is 32.1. The first-order valence-electron chi connectivity index (χ1n) is 9.24. The number of rotatable bonds is 7. The Morgan fingerprint density at radius 3 is 2.61 bits per heavy atom. The molecule has 3 aromatic carbocycles. The maximum absolute atomic E-state index is 12.4. The molecule has 0 aliphatic carbocycles. The summed E-state index contributed by atoms with van der Waals surface area (Å²) in [6.45, 7) is -0.258. The molecule has 4 rings (SSSR count). The summed E-state index contributed by atoms with van der Waals surface area (Å²) < 4.78 is 11.9. The summed E-state index contributed by atoms with van der Waals surface area (Å²) in [4.78, 5) is 27.3. The van der Waals surface area contributed by atoms with Crippen molar-refractivity contribution in [2.45, 2.75) is 0 Å². The number of thiazole rings is 1. The topological polar surface area (TPSA) is 104 Å². The van der Waals surface area contributed by atoms with E-state index < -0.39 is 10.8 Å². The number of carbonyl (C=O) groups is 1. The largest absolute Gasteiger partial charge is 0.495 e. The van der Waals surface area contributed by atoms with Crippen molar-refractivity contribution in [1.82, 2.24) is 4.98 Å². The number of ether oxygens (including phenoxy) is 2. The molecule has 0 atom stereocenters. The van der Waals surface area contributed by atoms with E-state index in [0.29, 0.717) is 17.2 Å². The third-order valence-electron chi connectivity index (χ3n) is 4.43. The second-order valence-electron chi connectivity index (χ2n) is 6.49. The molecule has 1 amide bonds. The van der Waals surface area contributed by atoms with Gasteiger partial charge in [-0.25, -0.2) is 4.98 Å². The van der Waals surface area contributed by atoms with Crippen LogP contribution >= 0.6 is 11.3 Å². The highest BCUT2D eigenvalue weighted by Gasteiger charge is 2.13. The van der Waals surface area contributed by atoms with Crippen molar-refractivity contribution in [3.8, 4) is 22.1 Å². The highest BCUT2D eigenvalue weighted by Crippen LogP contribution is 2.34. The van der Waals surface area contributed by atoms with E-state index in [1.165, 1.54) is 31.4 Å². The predicted octanol–water partition coefficient (Wildman–Crippen LogP) is 4.90. The third-order valence-corrected chi connectivity index (χ3v) is 5.52. The zero-order valence-electron chi connectivity index (χ0n) is 16.4. The Balaban J connectivity index is 1.48. The van der Waals surface area contributed by atoms with Crippen LogP contribution in [0.25, 0.3) is 20.8 Å². The van der Waals surface area contributed by atoms with Crippen molar-refractivity contribution in [2.75, 3.05) is 19.0 Å². The average Bonchev–Trinajstić information content (AvgIpc) is 3.22. The number of nitrogens with zero attached hydrogens (tertiary/aromatic N) is 2. The zero-order valence-corrected chi connectivity index (χ0v) is 17.2. The fraction of sp³-hybridized carbons (Fsp3) is 0.0909. The molecular formula is C22H17N3O5S. The van der Waals surface area contributed by atoms with Crippen molar-refractivity contribution < 1.29 is 19.2 Å². The number of aromatic nitrogens is 1. The van der Waals surface area contributed by atoms with Crippen molar-refractivity contribution in [3.05, 3.63) is 76.8 Å². The number of methoxy groups -OCH3 is 1. The van der Waals surface area contributed by atoms with Crippen LogP contribution < -0.4 is 14.8 Å². The van der Waals surface area contributed by atoms with E-state index in [0.717, 1.165) is 20.8 Å². The van der Waals surface area contributed by atoms with E-state index in [1.54, 1.807) is 23.5 Å². The van der Waals surface area contributed by atoms with Gasteiger partial charge in [-0.15, -0.1) is 11.3 Å². The Kier molecular flexibility index (Phi) is 5.76. The van der Waals surface area contributed by atoms with Gasteiger partial charge in [0.1, 0.15) is 16.5 Å². The number of hydrogen-bond acceptors (Lipinski definition) is 7. The SMILES string of the molecule is COc1ccc(-c2nc3ccccc3s2)cc1NC(=O)COc1ccc([N+](=O)[O-])cc1. The maximum Gasteiger partial charge on any atom is 0.269 e. The number of amides is 1. The van der Waals surface area contributed by atoms with Crippen LogP contribution in [0.3, 0.4) is 0 Å². The van der Waals surface area contributed by atoms with Crippen LogP contribution in [0, 0.1) is 10.1 Å². The summed E-state index contributed by atoms with van der Waals surface area (Å²) >= 11 is 1.56. The lowest BCUT2D eigenvalue weighted by Crippen LogP contribution is -2.20. The van der Waals surface area contributed by atoms with Crippen LogP contribution in [0.4, 0.5) is 11.4 Å². The number of para-hydroxylation sites is 1. The Hall–Kier alpha value is -3.98. The van der Waals surface area contributed by atoms with E-state index in [1.807, 2.05) is 30.3 Å². The quantitative estimate of drug-likeness (QED) is 0.327. The smallest absolute Gasteiger partial charge is 0.269 e. The van der Waals surface area contributed by atoms with Gasteiger partial charge in [0.2, 0.25) is 0 Å². The van der Waals surface area contributed by atoms with E-state index in [4.69, 9.17) is 9.47 Å². The number of fused-ring (bicyclic) bond motifs is 1. The summed E-state index contributed by atoms with van der Waals surface area (Å²) in [5.41, 5.74) is 2.22.